The summed E-state index contributed by atoms with van der Waals surface area (Å²) in [6.45, 7) is -0.217. The molecule has 4 nitrogen and oxygen atoms in total. The SMILES string of the molecule is O=C(COc1cccc(Cl)c1Cl)Nc1cccnc1Cl. The van der Waals surface area contributed by atoms with Gasteiger partial charge in [-0.3, -0.25) is 4.79 Å². The maximum Gasteiger partial charge on any atom is 0.262 e. The fraction of sp³-hybridized carbons (Fsp3) is 0.0769. The fourth-order valence-corrected chi connectivity index (χ4v) is 1.92. The van der Waals surface area contributed by atoms with Gasteiger partial charge in [0.1, 0.15) is 10.8 Å². The first-order valence-corrected chi connectivity index (χ1v) is 6.68. The minimum Gasteiger partial charge on any atom is -0.482 e. The van der Waals surface area contributed by atoms with Gasteiger partial charge in [0.05, 0.1) is 10.7 Å². The van der Waals surface area contributed by atoms with E-state index in [1.165, 1.54) is 6.20 Å². The van der Waals surface area contributed by atoms with Crippen LogP contribution < -0.4 is 10.1 Å². The number of carbonyl (C=O) groups excluding carboxylic acids is 1. The molecular formula is C13H9Cl3N2O2. The molecule has 0 radical (unpaired) electrons. The first-order chi connectivity index (χ1) is 9.58. The van der Waals surface area contributed by atoms with Crippen LogP contribution in [0.3, 0.4) is 0 Å². The second-order valence-electron chi connectivity index (χ2n) is 3.73. The van der Waals surface area contributed by atoms with Crippen LogP contribution in [0.25, 0.3) is 0 Å². The Hall–Kier alpha value is -1.49. The molecule has 1 amide bonds. The van der Waals surface area contributed by atoms with Crippen LogP contribution >= 0.6 is 34.8 Å². The number of nitrogens with one attached hydrogen (secondary N) is 1. The summed E-state index contributed by atoms with van der Waals surface area (Å²) in [7, 11) is 0. The van der Waals surface area contributed by atoms with Crippen LogP contribution in [-0.4, -0.2) is 17.5 Å². The van der Waals surface area contributed by atoms with E-state index in [2.05, 4.69) is 10.3 Å². The van der Waals surface area contributed by atoms with E-state index in [1.807, 2.05) is 0 Å². The lowest BCUT2D eigenvalue weighted by Crippen LogP contribution is -2.20. The molecule has 1 N–H and O–H groups in total. The van der Waals surface area contributed by atoms with E-state index in [1.54, 1.807) is 30.3 Å². The number of pyridine rings is 1. The summed E-state index contributed by atoms with van der Waals surface area (Å²) in [5, 5.41) is 3.42. The van der Waals surface area contributed by atoms with Crippen LogP contribution in [0.5, 0.6) is 5.75 Å². The molecule has 104 valence electrons. The summed E-state index contributed by atoms with van der Waals surface area (Å²) >= 11 is 17.6. The van der Waals surface area contributed by atoms with Crippen LogP contribution in [0.1, 0.15) is 0 Å². The Morgan fingerprint density at radius 3 is 2.75 bits per heavy atom. The molecule has 2 rings (SSSR count). The number of benzene rings is 1. The van der Waals surface area contributed by atoms with Gasteiger partial charge in [-0.25, -0.2) is 4.98 Å². The maximum atomic E-state index is 11.7. The molecule has 0 aliphatic rings. The average molecular weight is 332 g/mol. The standard InChI is InChI=1S/C13H9Cl3N2O2/c14-8-3-1-5-10(12(8)15)20-7-11(19)18-9-4-2-6-17-13(9)16/h1-6H,7H2,(H,18,19). The van der Waals surface area contributed by atoms with Gasteiger partial charge in [-0.2, -0.15) is 0 Å². The number of hydrogen-bond acceptors (Lipinski definition) is 3. The molecule has 2 aromatic rings. The lowest BCUT2D eigenvalue weighted by atomic mass is 10.3. The molecule has 0 unspecified atom stereocenters. The van der Waals surface area contributed by atoms with Crippen LogP contribution in [0, 0.1) is 0 Å². The molecule has 0 saturated carbocycles. The van der Waals surface area contributed by atoms with Crippen molar-refractivity contribution in [3.8, 4) is 5.75 Å². The molecule has 20 heavy (non-hydrogen) atoms. The highest BCUT2D eigenvalue weighted by atomic mass is 35.5. The Morgan fingerprint density at radius 2 is 2.00 bits per heavy atom. The molecule has 7 heteroatoms. The predicted octanol–water partition coefficient (Wildman–Crippen LogP) is 4.06. The molecule has 0 spiro atoms. The van der Waals surface area contributed by atoms with Crippen LogP contribution in [-0.2, 0) is 4.79 Å². The van der Waals surface area contributed by atoms with Crippen LogP contribution in [0.2, 0.25) is 15.2 Å². The van der Waals surface area contributed by atoms with Crippen molar-refractivity contribution >= 4 is 46.4 Å². The Kier molecular flexibility index (Phi) is 5.06. The smallest absolute Gasteiger partial charge is 0.262 e. The van der Waals surface area contributed by atoms with Gasteiger partial charge in [-0.15, -0.1) is 0 Å². The van der Waals surface area contributed by atoms with E-state index in [0.29, 0.717) is 16.5 Å². The predicted molar refractivity (Wildman–Crippen MR) is 79.8 cm³/mol. The highest BCUT2D eigenvalue weighted by Crippen LogP contribution is 2.31. The molecule has 0 saturated heterocycles. The molecule has 0 aliphatic heterocycles. The number of hydrogen-bond donors (Lipinski definition) is 1. The number of carbonyl (C=O) groups is 1. The summed E-state index contributed by atoms with van der Waals surface area (Å²) in [6.07, 6.45) is 1.53. The summed E-state index contributed by atoms with van der Waals surface area (Å²) in [4.78, 5) is 15.6. The summed E-state index contributed by atoms with van der Waals surface area (Å²) in [6, 6.07) is 8.24. The molecule has 0 fully saturated rings. The van der Waals surface area contributed by atoms with Crippen LogP contribution in [0.15, 0.2) is 36.5 Å². The zero-order chi connectivity index (χ0) is 14.5. The Labute approximate surface area is 130 Å². The Bertz CT molecular complexity index is 635. The van der Waals surface area contributed by atoms with Crippen molar-refractivity contribution in [3.05, 3.63) is 51.7 Å². The summed E-state index contributed by atoms with van der Waals surface area (Å²) in [5.74, 6) is -0.0393. The monoisotopic (exact) mass is 330 g/mol. The highest BCUT2D eigenvalue weighted by molar-refractivity contribution is 6.42. The fourth-order valence-electron chi connectivity index (χ4n) is 1.40. The number of ether oxygens (including phenoxy) is 1. The zero-order valence-electron chi connectivity index (χ0n) is 10.1. The number of anilines is 1. The number of aromatic nitrogens is 1. The number of rotatable bonds is 4. The van der Waals surface area contributed by atoms with Gasteiger partial charge in [0.15, 0.2) is 11.8 Å². The highest BCUT2D eigenvalue weighted by Gasteiger charge is 2.10. The minimum atomic E-state index is -0.379. The molecular weight excluding hydrogens is 323 g/mol. The third kappa shape index (κ3) is 3.76. The third-order valence-corrected chi connectivity index (χ3v) is 3.41. The number of nitrogens with zero attached hydrogens (tertiary/aromatic N) is 1. The average Bonchev–Trinajstić information content (AvgIpc) is 2.43. The van der Waals surface area contributed by atoms with Crippen molar-refractivity contribution < 1.29 is 9.53 Å². The van der Waals surface area contributed by atoms with Gasteiger partial charge in [0.2, 0.25) is 0 Å². The molecule has 1 aromatic heterocycles. The van der Waals surface area contributed by atoms with E-state index in [-0.39, 0.29) is 22.7 Å². The Morgan fingerprint density at radius 1 is 1.20 bits per heavy atom. The molecule has 0 atom stereocenters. The van der Waals surface area contributed by atoms with Gasteiger partial charge in [0.25, 0.3) is 5.91 Å². The van der Waals surface area contributed by atoms with Crippen molar-refractivity contribution in [2.45, 2.75) is 0 Å². The molecule has 1 heterocycles. The van der Waals surface area contributed by atoms with E-state index < -0.39 is 0 Å². The Balaban J connectivity index is 1.96. The van der Waals surface area contributed by atoms with E-state index >= 15 is 0 Å². The lowest BCUT2D eigenvalue weighted by Gasteiger charge is -2.09. The van der Waals surface area contributed by atoms with Gasteiger partial charge in [-0.1, -0.05) is 40.9 Å². The number of amides is 1. The van der Waals surface area contributed by atoms with Gasteiger partial charge in [-0.05, 0) is 24.3 Å². The largest absolute Gasteiger partial charge is 0.482 e. The minimum absolute atomic E-state index is 0.210. The van der Waals surface area contributed by atoms with Crippen LogP contribution in [0.4, 0.5) is 5.69 Å². The van der Waals surface area contributed by atoms with Gasteiger partial charge < -0.3 is 10.1 Å². The van der Waals surface area contributed by atoms with E-state index in [9.17, 15) is 4.79 Å². The lowest BCUT2D eigenvalue weighted by molar-refractivity contribution is -0.118. The van der Waals surface area contributed by atoms with Gasteiger partial charge in [0, 0.05) is 6.20 Å². The van der Waals surface area contributed by atoms with Crippen molar-refractivity contribution in [2.75, 3.05) is 11.9 Å². The van der Waals surface area contributed by atoms with Gasteiger partial charge >= 0.3 is 0 Å². The second-order valence-corrected chi connectivity index (χ2v) is 4.87. The number of halogens is 3. The first-order valence-electron chi connectivity index (χ1n) is 5.55. The molecule has 1 aromatic carbocycles. The normalized spacial score (nSPS) is 10.2. The van der Waals surface area contributed by atoms with Crippen molar-refractivity contribution in [1.29, 1.82) is 0 Å². The maximum absolute atomic E-state index is 11.7. The quantitative estimate of drug-likeness (QED) is 0.860. The van der Waals surface area contributed by atoms with Crippen molar-refractivity contribution in [2.24, 2.45) is 0 Å². The summed E-state index contributed by atoms with van der Waals surface area (Å²) < 4.78 is 5.30. The third-order valence-electron chi connectivity index (χ3n) is 2.31. The van der Waals surface area contributed by atoms with E-state index in [0.717, 1.165) is 0 Å². The molecule has 0 aliphatic carbocycles. The second kappa shape index (κ2) is 6.79. The molecule has 0 bridgehead atoms. The first kappa shape index (κ1) is 14.9. The van der Waals surface area contributed by atoms with Crippen molar-refractivity contribution in [1.82, 2.24) is 4.98 Å². The zero-order valence-corrected chi connectivity index (χ0v) is 12.3. The topological polar surface area (TPSA) is 51.2 Å². The van der Waals surface area contributed by atoms with Crippen molar-refractivity contribution in [3.63, 3.8) is 0 Å². The van der Waals surface area contributed by atoms with E-state index in [4.69, 9.17) is 39.5 Å². The summed E-state index contributed by atoms with van der Waals surface area (Å²) in [5.41, 5.74) is 0.417.